The van der Waals surface area contributed by atoms with Gasteiger partial charge in [0, 0.05) is 13.1 Å². The standard InChI is InChI=1S/C13H20N2O2/c1-16-11-4-3-5-12(17-2)13(11)15-7-6-10(8-14)9-15/h3-5,10H,6-9,14H2,1-2H3. The van der Waals surface area contributed by atoms with Gasteiger partial charge in [0.15, 0.2) is 0 Å². The minimum atomic E-state index is 0.574. The van der Waals surface area contributed by atoms with Crippen LogP contribution in [0.4, 0.5) is 5.69 Å². The Morgan fingerprint density at radius 3 is 2.41 bits per heavy atom. The summed E-state index contributed by atoms with van der Waals surface area (Å²) < 4.78 is 10.8. The molecule has 1 saturated heterocycles. The SMILES string of the molecule is COc1cccc(OC)c1N1CCC(CN)C1. The molecule has 1 aliphatic heterocycles. The molecule has 0 radical (unpaired) electrons. The van der Waals surface area contributed by atoms with Crippen LogP contribution in [0.2, 0.25) is 0 Å². The average Bonchev–Trinajstić information content (AvgIpc) is 2.86. The molecule has 2 N–H and O–H groups in total. The van der Waals surface area contributed by atoms with E-state index in [1.807, 2.05) is 18.2 Å². The highest BCUT2D eigenvalue weighted by atomic mass is 16.5. The van der Waals surface area contributed by atoms with Gasteiger partial charge in [0.2, 0.25) is 0 Å². The van der Waals surface area contributed by atoms with Crippen molar-refractivity contribution in [1.82, 2.24) is 0 Å². The summed E-state index contributed by atoms with van der Waals surface area (Å²) in [5.74, 6) is 2.30. The van der Waals surface area contributed by atoms with Gasteiger partial charge in [-0.05, 0) is 31.0 Å². The first-order chi connectivity index (χ1) is 8.30. The van der Waals surface area contributed by atoms with Crippen molar-refractivity contribution in [2.75, 3.05) is 38.8 Å². The van der Waals surface area contributed by atoms with E-state index in [1.165, 1.54) is 0 Å². The minimum absolute atomic E-state index is 0.574. The summed E-state index contributed by atoms with van der Waals surface area (Å²) in [7, 11) is 3.38. The fraction of sp³-hybridized carbons (Fsp3) is 0.538. The maximum absolute atomic E-state index is 5.73. The number of benzene rings is 1. The highest BCUT2D eigenvalue weighted by Gasteiger charge is 2.26. The van der Waals surface area contributed by atoms with Crippen LogP contribution in [0.25, 0.3) is 0 Å². The zero-order valence-electron chi connectivity index (χ0n) is 10.5. The molecule has 4 nitrogen and oxygen atoms in total. The summed E-state index contributed by atoms with van der Waals surface area (Å²) in [6.07, 6.45) is 1.14. The van der Waals surface area contributed by atoms with Crippen LogP contribution in [0.15, 0.2) is 18.2 Å². The van der Waals surface area contributed by atoms with Crippen LogP contribution >= 0.6 is 0 Å². The Morgan fingerprint density at radius 2 is 1.94 bits per heavy atom. The molecule has 4 heteroatoms. The summed E-state index contributed by atoms with van der Waals surface area (Å²) in [4.78, 5) is 2.30. The number of methoxy groups -OCH3 is 2. The second-order valence-electron chi connectivity index (χ2n) is 4.35. The molecule has 0 saturated carbocycles. The molecule has 1 unspecified atom stereocenters. The van der Waals surface area contributed by atoms with E-state index in [1.54, 1.807) is 14.2 Å². The van der Waals surface area contributed by atoms with Crippen LogP contribution in [-0.2, 0) is 0 Å². The maximum Gasteiger partial charge on any atom is 0.145 e. The number of hydrogen-bond acceptors (Lipinski definition) is 4. The summed E-state index contributed by atoms with van der Waals surface area (Å²) in [5, 5.41) is 0. The van der Waals surface area contributed by atoms with Crippen molar-refractivity contribution < 1.29 is 9.47 Å². The second-order valence-corrected chi connectivity index (χ2v) is 4.35. The smallest absolute Gasteiger partial charge is 0.145 e. The van der Waals surface area contributed by atoms with Crippen LogP contribution in [0, 0.1) is 5.92 Å². The van der Waals surface area contributed by atoms with E-state index in [0.29, 0.717) is 5.92 Å². The van der Waals surface area contributed by atoms with Crippen molar-refractivity contribution in [3.8, 4) is 11.5 Å². The van der Waals surface area contributed by atoms with Crippen molar-refractivity contribution in [2.24, 2.45) is 11.7 Å². The zero-order valence-corrected chi connectivity index (χ0v) is 10.5. The third-order valence-corrected chi connectivity index (χ3v) is 3.34. The first-order valence-corrected chi connectivity index (χ1v) is 5.96. The lowest BCUT2D eigenvalue weighted by molar-refractivity contribution is 0.394. The summed E-state index contributed by atoms with van der Waals surface area (Å²) in [6.45, 7) is 2.74. The average molecular weight is 236 g/mol. The van der Waals surface area contributed by atoms with Crippen molar-refractivity contribution in [3.05, 3.63) is 18.2 Å². The number of nitrogens with two attached hydrogens (primary N) is 1. The van der Waals surface area contributed by atoms with Crippen LogP contribution in [0.1, 0.15) is 6.42 Å². The molecule has 1 aromatic rings. The van der Waals surface area contributed by atoms with E-state index >= 15 is 0 Å². The molecule has 0 aromatic heterocycles. The van der Waals surface area contributed by atoms with Gasteiger partial charge in [-0.2, -0.15) is 0 Å². The fourth-order valence-electron chi connectivity index (χ4n) is 2.37. The van der Waals surface area contributed by atoms with Crippen LogP contribution in [-0.4, -0.2) is 33.9 Å². The third-order valence-electron chi connectivity index (χ3n) is 3.34. The van der Waals surface area contributed by atoms with Gasteiger partial charge in [-0.15, -0.1) is 0 Å². The Balaban J connectivity index is 2.30. The molecule has 0 spiro atoms. The predicted molar refractivity (Wildman–Crippen MR) is 68.9 cm³/mol. The largest absolute Gasteiger partial charge is 0.494 e. The van der Waals surface area contributed by atoms with E-state index in [-0.39, 0.29) is 0 Å². The number of anilines is 1. The fourth-order valence-corrected chi connectivity index (χ4v) is 2.37. The first-order valence-electron chi connectivity index (χ1n) is 5.96. The Labute approximate surface area is 102 Å². The summed E-state index contributed by atoms with van der Waals surface area (Å²) >= 11 is 0. The van der Waals surface area contributed by atoms with Crippen molar-refractivity contribution >= 4 is 5.69 Å². The molecule has 1 atom stereocenters. The molecule has 1 heterocycles. The highest BCUT2D eigenvalue weighted by molar-refractivity contribution is 5.68. The molecule has 17 heavy (non-hydrogen) atoms. The van der Waals surface area contributed by atoms with Gasteiger partial charge in [-0.3, -0.25) is 0 Å². The number of para-hydroxylation sites is 1. The Morgan fingerprint density at radius 1 is 1.29 bits per heavy atom. The van der Waals surface area contributed by atoms with Gasteiger partial charge in [-0.25, -0.2) is 0 Å². The number of nitrogens with zero attached hydrogens (tertiary/aromatic N) is 1. The van der Waals surface area contributed by atoms with Crippen molar-refractivity contribution in [3.63, 3.8) is 0 Å². The molecular weight excluding hydrogens is 216 g/mol. The Kier molecular flexibility index (Phi) is 3.74. The third kappa shape index (κ3) is 2.31. The molecule has 1 fully saturated rings. The van der Waals surface area contributed by atoms with Gasteiger partial charge in [0.25, 0.3) is 0 Å². The lowest BCUT2D eigenvalue weighted by Crippen LogP contribution is -2.23. The lowest BCUT2D eigenvalue weighted by Gasteiger charge is -2.23. The molecule has 0 aliphatic carbocycles. The van der Waals surface area contributed by atoms with Crippen LogP contribution < -0.4 is 20.1 Å². The predicted octanol–water partition coefficient (Wildman–Crippen LogP) is 1.49. The Hall–Kier alpha value is -1.42. The van der Waals surface area contributed by atoms with E-state index in [9.17, 15) is 0 Å². The van der Waals surface area contributed by atoms with Crippen molar-refractivity contribution in [1.29, 1.82) is 0 Å². The van der Waals surface area contributed by atoms with Crippen molar-refractivity contribution in [2.45, 2.75) is 6.42 Å². The minimum Gasteiger partial charge on any atom is -0.494 e. The Bertz CT molecular complexity index is 359. The normalized spacial score (nSPS) is 19.5. The van der Waals surface area contributed by atoms with Gasteiger partial charge < -0.3 is 20.1 Å². The number of ether oxygens (including phenoxy) is 2. The van der Waals surface area contributed by atoms with Gasteiger partial charge in [-0.1, -0.05) is 6.07 Å². The van der Waals surface area contributed by atoms with Gasteiger partial charge in [0.05, 0.1) is 14.2 Å². The van der Waals surface area contributed by atoms with E-state index in [2.05, 4.69) is 4.90 Å². The number of rotatable bonds is 4. The highest BCUT2D eigenvalue weighted by Crippen LogP contribution is 2.39. The monoisotopic (exact) mass is 236 g/mol. The first kappa shape index (κ1) is 12.0. The molecule has 94 valence electrons. The van der Waals surface area contributed by atoms with E-state index in [0.717, 1.165) is 43.2 Å². The molecule has 0 bridgehead atoms. The van der Waals surface area contributed by atoms with Crippen LogP contribution in [0.3, 0.4) is 0 Å². The molecule has 1 aliphatic rings. The zero-order chi connectivity index (χ0) is 12.3. The molecule has 2 rings (SSSR count). The van der Waals surface area contributed by atoms with Gasteiger partial charge >= 0.3 is 0 Å². The lowest BCUT2D eigenvalue weighted by atomic mass is 10.1. The molecule has 1 aromatic carbocycles. The summed E-state index contributed by atoms with van der Waals surface area (Å²) in [6, 6.07) is 5.87. The van der Waals surface area contributed by atoms with E-state index < -0.39 is 0 Å². The second kappa shape index (κ2) is 5.27. The number of hydrogen-bond donors (Lipinski definition) is 1. The van der Waals surface area contributed by atoms with E-state index in [4.69, 9.17) is 15.2 Å². The maximum atomic E-state index is 5.73. The van der Waals surface area contributed by atoms with Gasteiger partial charge in [0.1, 0.15) is 17.2 Å². The van der Waals surface area contributed by atoms with Crippen LogP contribution in [0.5, 0.6) is 11.5 Å². The topological polar surface area (TPSA) is 47.7 Å². The molecule has 0 amide bonds. The summed E-state index contributed by atoms with van der Waals surface area (Å²) in [5.41, 5.74) is 6.78. The quantitative estimate of drug-likeness (QED) is 0.860. The molecular formula is C13H20N2O2.